The second kappa shape index (κ2) is 7.13. The van der Waals surface area contributed by atoms with E-state index in [-0.39, 0.29) is 5.03 Å². The molecule has 1 aromatic rings. The van der Waals surface area contributed by atoms with Gasteiger partial charge in [0, 0.05) is 42.2 Å². The fourth-order valence-electron chi connectivity index (χ4n) is 2.25. The first-order valence-corrected chi connectivity index (χ1v) is 9.81. The predicted molar refractivity (Wildman–Crippen MR) is 85.9 cm³/mol. The maximum absolute atomic E-state index is 12.8. The molecule has 0 saturated carbocycles. The van der Waals surface area contributed by atoms with Crippen LogP contribution in [-0.2, 0) is 16.6 Å². The van der Waals surface area contributed by atoms with Crippen LogP contribution in [-0.4, -0.2) is 53.1 Å². The summed E-state index contributed by atoms with van der Waals surface area (Å²) < 4.78 is 27.2. The van der Waals surface area contributed by atoms with Gasteiger partial charge >= 0.3 is 0 Å². The quantitative estimate of drug-likeness (QED) is 0.824. The molecule has 0 radical (unpaired) electrons. The zero-order chi connectivity index (χ0) is 15.5. The summed E-state index contributed by atoms with van der Waals surface area (Å²) in [5, 5.41) is 10.5. The van der Waals surface area contributed by atoms with Crippen LogP contribution in [0.25, 0.3) is 0 Å². The standard InChI is InChI=1S/C13H24N4O2S2/c1-4-12-9-17(5-6-20-12)21(18,19)13-11(8-15-16-13)7-14-10(2)3/h8,10,12,14H,4-7,9H2,1-3H3,(H,15,16). The smallest absolute Gasteiger partial charge is 0.260 e. The number of sulfonamides is 1. The van der Waals surface area contributed by atoms with Crippen molar-refractivity contribution in [2.24, 2.45) is 0 Å². The summed E-state index contributed by atoms with van der Waals surface area (Å²) in [6.07, 6.45) is 2.58. The van der Waals surface area contributed by atoms with Crippen LogP contribution in [0, 0.1) is 0 Å². The average molecular weight is 332 g/mol. The van der Waals surface area contributed by atoms with Gasteiger partial charge in [0.25, 0.3) is 10.0 Å². The molecule has 1 aromatic heterocycles. The summed E-state index contributed by atoms with van der Waals surface area (Å²) >= 11 is 1.85. The van der Waals surface area contributed by atoms with Gasteiger partial charge in [0.2, 0.25) is 0 Å². The van der Waals surface area contributed by atoms with E-state index in [9.17, 15) is 8.42 Å². The fourth-order valence-corrected chi connectivity index (χ4v) is 5.23. The Labute approximate surface area is 131 Å². The highest BCUT2D eigenvalue weighted by atomic mass is 32.2. The number of hydrogen-bond acceptors (Lipinski definition) is 5. The molecule has 1 saturated heterocycles. The Kier molecular flexibility index (Phi) is 5.70. The number of nitrogens with zero attached hydrogens (tertiary/aromatic N) is 2. The van der Waals surface area contributed by atoms with Crippen LogP contribution >= 0.6 is 11.8 Å². The number of hydrogen-bond donors (Lipinski definition) is 2. The minimum atomic E-state index is -3.48. The minimum Gasteiger partial charge on any atom is -0.310 e. The van der Waals surface area contributed by atoms with Crippen LogP contribution in [0.5, 0.6) is 0 Å². The maximum Gasteiger partial charge on any atom is 0.260 e. The second-order valence-corrected chi connectivity index (χ2v) is 8.81. The first-order chi connectivity index (χ1) is 9.95. The van der Waals surface area contributed by atoms with Gasteiger partial charge in [0.1, 0.15) is 0 Å². The molecule has 2 N–H and O–H groups in total. The molecule has 2 rings (SSSR count). The summed E-state index contributed by atoms with van der Waals surface area (Å²) in [6, 6.07) is 0.298. The molecule has 0 amide bonds. The second-order valence-electron chi connectivity index (χ2n) is 5.52. The molecule has 1 atom stereocenters. The zero-order valence-electron chi connectivity index (χ0n) is 12.8. The van der Waals surface area contributed by atoms with Gasteiger partial charge in [-0.05, 0) is 6.42 Å². The monoisotopic (exact) mass is 332 g/mol. The van der Waals surface area contributed by atoms with Gasteiger partial charge in [0.15, 0.2) is 5.03 Å². The molecule has 0 aromatic carbocycles. The summed E-state index contributed by atoms with van der Waals surface area (Å²) in [4.78, 5) is 0. The van der Waals surface area contributed by atoms with Crippen LogP contribution < -0.4 is 5.32 Å². The molecule has 8 heteroatoms. The molecule has 0 bridgehead atoms. The first-order valence-electron chi connectivity index (χ1n) is 7.32. The number of H-pyrrole nitrogens is 1. The molecule has 2 heterocycles. The number of thioether (sulfide) groups is 1. The molecule has 1 fully saturated rings. The van der Waals surface area contributed by atoms with Gasteiger partial charge < -0.3 is 5.32 Å². The maximum atomic E-state index is 12.8. The largest absolute Gasteiger partial charge is 0.310 e. The highest BCUT2D eigenvalue weighted by Crippen LogP contribution is 2.26. The lowest BCUT2D eigenvalue weighted by molar-refractivity contribution is 0.413. The third-order valence-corrected chi connectivity index (χ3v) is 6.79. The van der Waals surface area contributed by atoms with Crippen molar-refractivity contribution in [2.45, 2.75) is 50.1 Å². The van der Waals surface area contributed by atoms with E-state index in [0.717, 1.165) is 12.2 Å². The molecule has 0 spiro atoms. The molecular weight excluding hydrogens is 308 g/mol. The Balaban J connectivity index is 2.17. The van der Waals surface area contributed by atoms with E-state index in [4.69, 9.17) is 0 Å². The topological polar surface area (TPSA) is 78.1 Å². The van der Waals surface area contributed by atoms with Crippen molar-refractivity contribution in [3.63, 3.8) is 0 Å². The molecule has 1 aliphatic rings. The molecule has 0 aliphatic carbocycles. The third-order valence-electron chi connectivity index (χ3n) is 3.53. The Morgan fingerprint density at radius 1 is 1.57 bits per heavy atom. The number of nitrogens with one attached hydrogen (secondary N) is 2. The minimum absolute atomic E-state index is 0.234. The van der Waals surface area contributed by atoms with Crippen LogP contribution in [0.4, 0.5) is 0 Å². The molecular formula is C13H24N4O2S2. The van der Waals surface area contributed by atoms with Crippen molar-refractivity contribution in [1.29, 1.82) is 0 Å². The van der Waals surface area contributed by atoms with E-state index >= 15 is 0 Å². The van der Waals surface area contributed by atoms with Crippen LogP contribution in [0.2, 0.25) is 0 Å². The van der Waals surface area contributed by atoms with Crippen molar-refractivity contribution >= 4 is 21.8 Å². The highest BCUT2D eigenvalue weighted by Gasteiger charge is 2.32. The summed E-state index contributed by atoms with van der Waals surface area (Å²) in [5.41, 5.74) is 0.704. The van der Waals surface area contributed by atoms with E-state index in [1.54, 1.807) is 10.5 Å². The Bertz CT molecular complexity index is 556. The van der Waals surface area contributed by atoms with E-state index in [1.165, 1.54) is 0 Å². The molecule has 21 heavy (non-hydrogen) atoms. The zero-order valence-corrected chi connectivity index (χ0v) is 14.4. The Morgan fingerprint density at radius 3 is 3.00 bits per heavy atom. The van der Waals surface area contributed by atoms with Crippen LogP contribution in [0.3, 0.4) is 0 Å². The van der Waals surface area contributed by atoms with Gasteiger partial charge in [-0.2, -0.15) is 21.2 Å². The fraction of sp³-hybridized carbons (Fsp3) is 0.769. The Morgan fingerprint density at radius 2 is 2.33 bits per heavy atom. The van der Waals surface area contributed by atoms with Gasteiger partial charge in [-0.3, -0.25) is 5.10 Å². The predicted octanol–water partition coefficient (Wildman–Crippen LogP) is 1.42. The average Bonchev–Trinajstić information content (AvgIpc) is 2.94. The lowest BCUT2D eigenvalue weighted by atomic mass is 10.3. The van der Waals surface area contributed by atoms with Gasteiger partial charge in [-0.25, -0.2) is 8.42 Å². The normalized spacial score (nSPS) is 21.0. The van der Waals surface area contributed by atoms with Gasteiger partial charge in [0.05, 0.1) is 6.20 Å². The van der Waals surface area contributed by atoms with E-state index in [0.29, 0.717) is 36.5 Å². The lowest BCUT2D eigenvalue weighted by Crippen LogP contribution is -2.42. The van der Waals surface area contributed by atoms with E-state index < -0.39 is 10.0 Å². The lowest BCUT2D eigenvalue weighted by Gasteiger charge is -2.30. The van der Waals surface area contributed by atoms with Crippen molar-refractivity contribution in [3.05, 3.63) is 11.8 Å². The number of rotatable bonds is 6. The summed E-state index contributed by atoms with van der Waals surface area (Å²) in [5.74, 6) is 0.853. The van der Waals surface area contributed by atoms with Gasteiger partial charge in [-0.1, -0.05) is 20.8 Å². The Hall–Kier alpha value is -0.570. The SMILES string of the molecule is CCC1CN(S(=O)(=O)c2[nH]ncc2CNC(C)C)CCS1. The van der Waals surface area contributed by atoms with E-state index in [1.807, 2.05) is 25.6 Å². The summed E-state index contributed by atoms with van der Waals surface area (Å²) in [7, 11) is -3.48. The van der Waals surface area contributed by atoms with Crippen molar-refractivity contribution in [1.82, 2.24) is 19.8 Å². The van der Waals surface area contributed by atoms with Crippen LogP contribution in [0.15, 0.2) is 11.2 Å². The first kappa shape index (κ1) is 16.8. The van der Waals surface area contributed by atoms with Crippen molar-refractivity contribution < 1.29 is 8.42 Å². The van der Waals surface area contributed by atoms with Crippen molar-refractivity contribution in [3.8, 4) is 0 Å². The summed E-state index contributed by atoms with van der Waals surface area (Å²) in [6.45, 7) is 7.81. The molecule has 6 nitrogen and oxygen atoms in total. The molecule has 1 aliphatic heterocycles. The molecule has 120 valence electrons. The van der Waals surface area contributed by atoms with E-state index in [2.05, 4.69) is 22.4 Å². The number of aromatic amines is 1. The highest BCUT2D eigenvalue weighted by molar-refractivity contribution is 8.00. The van der Waals surface area contributed by atoms with Crippen LogP contribution in [0.1, 0.15) is 32.8 Å². The van der Waals surface area contributed by atoms with Crippen molar-refractivity contribution in [2.75, 3.05) is 18.8 Å². The molecule has 1 unspecified atom stereocenters. The third kappa shape index (κ3) is 4.00. The van der Waals surface area contributed by atoms with Gasteiger partial charge in [-0.15, -0.1) is 0 Å². The number of aromatic nitrogens is 2.